The Kier molecular flexibility index (Phi) is 2.89. The number of aromatic nitrogens is 1. The van der Waals surface area contributed by atoms with Gasteiger partial charge in [-0.2, -0.15) is 0 Å². The van der Waals surface area contributed by atoms with Crippen LogP contribution in [0.5, 0.6) is 5.75 Å². The lowest BCUT2D eigenvalue weighted by atomic mass is 10.1. The van der Waals surface area contributed by atoms with Crippen molar-refractivity contribution < 1.29 is 9.15 Å². The summed E-state index contributed by atoms with van der Waals surface area (Å²) in [5, 5.41) is 0. The van der Waals surface area contributed by atoms with Crippen molar-refractivity contribution in [2.45, 2.75) is 13.0 Å². The van der Waals surface area contributed by atoms with Crippen molar-refractivity contribution in [1.82, 2.24) is 9.88 Å². The first-order valence-electron chi connectivity index (χ1n) is 7.16. The molecule has 112 valence electrons. The number of oxazole rings is 1. The molecular formula is C16H16N4O2. The lowest BCUT2D eigenvalue weighted by Gasteiger charge is -2.33. The molecule has 6 heteroatoms. The number of hydrogen-bond donors (Lipinski definition) is 1. The molecule has 0 aliphatic carbocycles. The number of hydrogen-bond acceptors (Lipinski definition) is 6. The van der Waals surface area contributed by atoms with Crippen LogP contribution in [0.4, 0.5) is 0 Å². The molecule has 0 saturated carbocycles. The Morgan fingerprint density at radius 2 is 2.18 bits per heavy atom. The van der Waals surface area contributed by atoms with Crippen LogP contribution in [0.3, 0.4) is 0 Å². The van der Waals surface area contributed by atoms with Crippen molar-refractivity contribution in [3.8, 4) is 5.75 Å². The van der Waals surface area contributed by atoms with E-state index in [2.05, 4.69) is 20.9 Å². The van der Waals surface area contributed by atoms with Gasteiger partial charge in [0.1, 0.15) is 30.2 Å². The van der Waals surface area contributed by atoms with Gasteiger partial charge in [0.05, 0.1) is 18.8 Å². The van der Waals surface area contributed by atoms with Gasteiger partial charge in [-0.1, -0.05) is 18.2 Å². The number of fused-ring (bicyclic) bond motifs is 1. The summed E-state index contributed by atoms with van der Waals surface area (Å²) >= 11 is 0. The summed E-state index contributed by atoms with van der Waals surface area (Å²) in [5.74, 6) is 1.96. The lowest BCUT2D eigenvalue weighted by Crippen LogP contribution is -2.39. The van der Waals surface area contributed by atoms with Crippen molar-refractivity contribution in [2.75, 3.05) is 13.2 Å². The highest BCUT2D eigenvalue weighted by Gasteiger charge is 2.33. The molecule has 0 bridgehead atoms. The Morgan fingerprint density at radius 3 is 3.00 bits per heavy atom. The Balaban J connectivity index is 1.76. The Labute approximate surface area is 127 Å². The summed E-state index contributed by atoms with van der Waals surface area (Å²) in [6, 6.07) is 8.21. The quantitative estimate of drug-likeness (QED) is 0.919. The highest BCUT2D eigenvalue weighted by molar-refractivity contribution is 5.90. The van der Waals surface area contributed by atoms with Gasteiger partial charge >= 0.3 is 0 Å². The zero-order valence-corrected chi connectivity index (χ0v) is 12.2. The third-order valence-electron chi connectivity index (χ3n) is 4.05. The number of nitrogens with zero attached hydrogens (tertiary/aromatic N) is 3. The number of nitrogens with two attached hydrogens (primary N) is 1. The average molecular weight is 296 g/mol. The minimum Gasteiger partial charge on any atom is -0.491 e. The maximum atomic E-state index is 6.04. The summed E-state index contributed by atoms with van der Waals surface area (Å²) in [6.07, 6.45) is 3.14. The molecule has 6 nitrogen and oxygen atoms in total. The minimum absolute atomic E-state index is 0.121. The molecule has 0 saturated heterocycles. The largest absolute Gasteiger partial charge is 0.491 e. The van der Waals surface area contributed by atoms with Crippen LogP contribution < -0.4 is 10.5 Å². The second kappa shape index (κ2) is 4.91. The van der Waals surface area contributed by atoms with Crippen LogP contribution in [-0.2, 0) is 0 Å². The molecule has 2 aromatic rings. The van der Waals surface area contributed by atoms with E-state index in [0.717, 1.165) is 11.4 Å². The van der Waals surface area contributed by atoms with Gasteiger partial charge in [-0.3, -0.25) is 0 Å². The monoisotopic (exact) mass is 296 g/mol. The first kappa shape index (κ1) is 12.9. The van der Waals surface area contributed by atoms with Crippen LogP contribution >= 0.6 is 0 Å². The minimum atomic E-state index is 0.121. The van der Waals surface area contributed by atoms with E-state index >= 15 is 0 Å². The van der Waals surface area contributed by atoms with Gasteiger partial charge in [-0.15, -0.1) is 0 Å². The standard InChI is InChI=1S/C16H16N4O2/c1-10-15(16-18-6-7-21-16)19-14(17)8-20(10)12-9-22-13-5-3-2-4-11(12)13/h2-7,12H,8-9H2,1H3,(H2,17,19)/t12-/m0/s1. The number of para-hydroxylation sites is 1. The molecule has 0 radical (unpaired) electrons. The highest BCUT2D eigenvalue weighted by atomic mass is 16.5. The summed E-state index contributed by atoms with van der Waals surface area (Å²) in [4.78, 5) is 10.8. The smallest absolute Gasteiger partial charge is 0.246 e. The topological polar surface area (TPSA) is 76.9 Å². The van der Waals surface area contributed by atoms with Gasteiger partial charge in [0, 0.05) is 11.3 Å². The molecule has 22 heavy (non-hydrogen) atoms. The molecule has 2 aliphatic heterocycles. The van der Waals surface area contributed by atoms with Gasteiger partial charge in [-0.05, 0) is 13.0 Å². The third-order valence-corrected chi connectivity index (χ3v) is 4.05. The van der Waals surface area contributed by atoms with Crippen molar-refractivity contribution >= 4 is 11.5 Å². The lowest BCUT2D eigenvalue weighted by molar-refractivity contribution is 0.220. The van der Waals surface area contributed by atoms with Crippen molar-refractivity contribution in [2.24, 2.45) is 10.7 Å². The second-order valence-corrected chi connectivity index (χ2v) is 5.37. The van der Waals surface area contributed by atoms with Crippen LogP contribution in [0.15, 0.2) is 51.8 Å². The van der Waals surface area contributed by atoms with E-state index in [0.29, 0.717) is 30.6 Å². The highest BCUT2D eigenvalue weighted by Crippen LogP contribution is 2.39. The summed E-state index contributed by atoms with van der Waals surface area (Å²) in [6.45, 7) is 3.18. The molecule has 2 N–H and O–H groups in total. The zero-order chi connectivity index (χ0) is 15.1. The van der Waals surface area contributed by atoms with E-state index in [4.69, 9.17) is 14.9 Å². The fraction of sp³-hybridized carbons (Fsp3) is 0.250. The van der Waals surface area contributed by atoms with Gasteiger partial charge in [0.25, 0.3) is 0 Å². The summed E-state index contributed by atoms with van der Waals surface area (Å²) in [7, 11) is 0. The fourth-order valence-electron chi connectivity index (χ4n) is 2.98. The first-order valence-corrected chi connectivity index (χ1v) is 7.16. The SMILES string of the molecule is CC1=C(c2ncco2)N=C(N)CN1[C@H]1COc2ccccc21. The van der Waals surface area contributed by atoms with E-state index in [1.54, 1.807) is 6.20 Å². The molecule has 4 rings (SSSR count). The molecule has 3 heterocycles. The number of rotatable bonds is 2. The van der Waals surface area contributed by atoms with Crippen molar-refractivity contribution in [3.63, 3.8) is 0 Å². The third kappa shape index (κ3) is 1.95. The molecule has 0 amide bonds. The van der Waals surface area contributed by atoms with Crippen LogP contribution in [0.25, 0.3) is 5.70 Å². The van der Waals surface area contributed by atoms with Gasteiger partial charge in [-0.25, -0.2) is 9.98 Å². The van der Waals surface area contributed by atoms with Gasteiger partial charge in [0.2, 0.25) is 5.89 Å². The molecule has 1 atom stereocenters. The normalized spacial score (nSPS) is 20.7. The molecule has 0 fully saturated rings. The number of amidine groups is 1. The maximum absolute atomic E-state index is 6.04. The molecule has 1 aromatic heterocycles. The van der Waals surface area contributed by atoms with Crippen molar-refractivity contribution in [1.29, 1.82) is 0 Å². The summed E-state index contributed by atoms with van der Waals surface area (Å²) in [5.41, 5.74) is 8.87. The number of benzene rings is 1. The van der Waals surface area contributed by atoms with E-state index < -0.39 is 0 Å². The van der Waals surface area contributed by atoms with E-state index in [9.17, 15) is 0 Å². The van der Waals surface area contributed by atoms with E-state index in [1.807, 2.05) is 25.1 Å². The second-order valence-electron chi connectivity index (χ2n) is 5.37. The van der Waals surface area contributed by atoms with Crippen LogP contribution in [0.2, 0.25) is 0 Å². The molecule has 2 aliphatic rings. The van der Waals surface area contributed by atoms with Gasteiger partial charge in [0.15, 0.2) is 0 Å². The van der Waals surface area contributed by atoms with Crippen LogP contribution in [-0.4, -0.2) is 28.9 Å². The predicted molar refractivity (Wildman–Crippen MR) is 82.1 cm³/mol. The van der Waals surface area contributed by atoms with Crippen LogP contribution in [0, 0.1) is 0 Å². The summed E-state index contributed by atoms with van der Waals surface area (Å²) < 4.78 is 11.2. The van der Waals surface area contributed by atoms with Crippen molar-refractivity contribution in [3.05, 3.63) is 53.9 Å². The molecule has 1 aromatic carbocycles. The maximum Gasteiger partial charge on any atom is 0.246 e. The zero-order valence-electron chi connectivity index (χ0n) is 12.2. The fourth-order valence-corrected chi connectivity index (χ4v) is 2.98. The predicted octanol–water partition coefficient (Wildman–Crippen LogP) is 2.17. The van der Waals surface area contributed by atoms with Crippen LogP contribution in [0.1, 0.15) is 24.4 Å². The Morgan fingerprint density at radius 1 is 1.32 bits per heavy atom. The van der Waals surface area contributed by atoms with E-state index in [1.165, 1.54) is 11.8 Å². The number of allylic oxidation sites excluding steroid dienone is 1. The number of aliphatic imine (C=N–C) groups is 1. The average Bonchev–Trinajstić information content (AvgIpc) is 3.18. The Hall–Kier alpha value is -2.76. The molecule has 0 spiro atoms. The molecular weight excluding hydrogens is 280 g/mol. The Bertz CT molecular complexity index is 764. The number of ether oxygens (including phenoxy) is 1. The molecule has 0 unspecified atom stereocenters. The van der Waals surface area contributed by atoms with E-state index in [-0.39, 0.29) is 6.04 Å². The first-order chi connectivity index (χ1) is 10.7. The van der Waals surface area contributed by atoms with Gasteiger partial charge < -0.3 is 19.8 Å².